The average Bonchev–Trinajstić information content (AvgIpc) is 3.06. The number of imide groups is 1. The molecule has 0 N–H and O–H groups in total. The summed E-state index contributed by atoms with van der Waals surface area (Å²) >= 11 is 0. The van der Waals surface area contributed by atoms with Crippen molar-refractivity contribution in [2.45, 2.75) is 52.1 Å². The first-order valence-electron chi connectivity index (χ1n) is 9.36. The van der Waals surface area contributed by atoms with Gasteiger partial charge in [-0.15, -0.1) is 0 Å². The first-order chi connectivity index (χ1) is 11.4. The summed E-state index contributed by atoms with van der Waals surface area (Å²) in [4.78, 5) is 43.7. The highest BCUT2D eigenvalue weighted by molar-refractivity contribution is 6.01. The Balaban J connectivity index is 1.54. The summed E-state index contributed by atoms with van der Waals surface area (Å²) < 4.78 is 0. The minimum atomic E-state index is -0.280. The molecule has 1 aliphatic carbocycles. The van der Waals surface area contributed by atoms with Gasteiger partial charge in [-0.2, -0.15) is 0 Å². The number of hydrogen-bond donors (Lipinski definition) is 0. The van der Waals surface area contributed by atoms with Crippen LogP contribution >= 0.6 is 0 Å². The van der Waals surface area contributed by atoms with Gasteiger partial charge in [0.05, 0.1) is 18.0 Å². The Kier molecular flexibility index (Phi) is 3.62. The molecule has 1 saturated carbocycles. The van der Waals surface area contributed by atoms with Crippen LogP contribution in [0, 0.1) is 23.7 Å². The lowest BCUT2D eigenvalue weighted by Gasteiger charge is -2.30. The fourth-order valence-electron chi connectivity index (χ4n) is 5.07. The van der Waals surface area contributed by atoms with E-state index in [9.17, 15) is 14.4 Å². The first kappa shape index (κ1) is 15.9. The van der Waals surface area contributed by atoms with Gasteiger partial charge < -0.3 is 9.80 Å². The van der Waals surface area contributed by atoms with Crippen molar-refractivity contribution in [3.8, 4) is 0 Å². The van der Waals surface area contributed by atoms with E-state index in [1.165, 1.54) is 4.90 Å². The second kappa shape index (κ2) is 5.46. The maximum atomic E-state index is 12.9. The lowest BCUT2D eigenvalue weighted by molar-refractivity contribution is -0.146. The molecule has 3 heterocycles. The topological polar surface area (TPSA) is 60.9 Å². The molecule has 24 heavy (non-hydrogen) atoms. The summed E-state index contributed by atoms with van der Waals surface area (Å²) in [6.07, 6.45) is 2.84. The van der Waals surface area contributed by atoms with E-state index in [-0.39, 0.29) is 41.8 Å². The molecule has 6 heteroatoms. The van der Waals surface area contributed by atoms with E-state index in [2.05, 4.69) is 13.8 Å². The lowest BCUT2D eigenvalue weighted by atomic mass is 10.0. The Morgan fingerprint density at radius 1 is 1.00 bits per heavy atom. The normalized spacial score (nSPS) is 41.1. The molecule has 4 fully saturated rings. The van der Waals surface area contributed by atoms with E-state index in [1.54, 1.807) is 0 Å². The van der Waals surface area contributed by atoms with Gasteiger partial charge in [0, 0.05) is 25.6 Å². The minimum absolute atomic E-state index is 0.00479. The third kappa shape index (κ3) is 2.11. The van der Waals surface area contributed by atoms with Crippen LogP contribution in [0.2, 0.25) is 0 Å². The fraction of sp³-hybridized carbons (Fsp3) is 0.833. The molecule has 0 spiro atoms. The Morgan fingerprint density at radius 3 is 2.21 bits per heavy atom. The summed E-state index contributed by atoms with van der Waals surface area (Å²) in [6.45, 7) is 8.31. The van der Waals surface area contributed by atoms with Crippen molar-refractivity contribution >= 4 is 17.8 Å². The molecule has 0 radical (unpaired) electrons. The van der Waals surface area contributed by atoms with Crippen molar-refractivity contribution in [2.75, 3.05) is 19.6 Å². The molecular weight excluding hydrogens is 306 g/mol. The SMILES string of the molecule is CC1C(C)C1C(=O)N1C(=O)[C@@H](C)[C@@H]2[C@@H]1CCN2C(=O)N1CCCC1. The highest BCUT2D eigenvalue weighted by atomic mass is 16.2. The number of nitrogens with zero attached hydrogens (tertiary/aromatic N) is 3. The maximum Gasteiger partial charge on any atom is 0.320 e. The van der Waals surface area contributed by atoms with E-state index >= 15 is 0 Å². The number of rotatable bonds is 1. The van der Waals surface area contributed by atoms with Gasteiger partial charge in [0.15, 0.2) is 0 Å². The zero-order valence-corrected chi connectivity index (χ0v) is 14.8. The van der Waals surface area contributed by atoms with Gasteiger partial charge in [0.1, 0.15) is 0 Å². The van der Waals surface area contributed by atoms with Crippen LogP contribution in [0.25, 0.3) is 0 Å². The van der Waals surface area contributed by atoms with E-state index in [1.807, 2.05) is 16.7 Å². The quantitative estimate of drug-likeness (QED) is 0.684. The van der Waals surface area contributed by atoms with E-state index in [0.29, 0.717) is 18.4 Å². The van der Waals surface area contributed by atoms with Crippen molar-refractivity contribution < 1.29 is 14.4 Å². The zero-order valence-electron chi connectivity index (χ0n) is 14.8. The summed E-state index contributed by atoms with van der Waals surface area (Å²) in [5.41, 5.74) is 0. The Morgan fingerprint density at radius 2 is 1.62 bits per heavy atom. The van der Waals surface area contributed by atoms with E-state index in [0.717, 1.165) is 32.4 Å². The van der Waals surface area contributed by atoms with Gasteiger partial charge in [0.2, 0.25) is 11.8 Å². The largest absolute Gasteiger partial charge is 0.325 e. The molecule has 132 valence electrons. The van der Waals surface area contributed by atoms with Crippen LogP contribution in [-0.4, -0.2) is 64.3 Å². The predicted octanol–water partition coefficient (Wildman–Crippen LogP) is 1.55. The van der Waals surface area contributed by atoms with Gasteiger partial charge in [-0.05, 0) is 31.1 Å². The summed E-state index contributed by atoms with van der Waals surface area (Å²) in [5.74, 6) is 0.349. The fourth-order valence-corrected chi connectivity index (χ4v) is 5.07. The molecule has 0 aromatic heterocycles. The highest BCUT2D eigenvalue weighted by Gasteiger charge is 2.59. The molecule has 3 saturated heterocycles. The van der Waals surface area contributed by atoms with Crippen LogP contribution in [0.4, 0.5) is 4.79 Å². The molecule has 4 rings (SSSR count). The molecule has 2 unspecified atom stereocenters. The lowest BCUT2D eigenvalue weighted by Crippen LogP contribution is -2.48. The van der Waals surface area contributed by atoms with Crippen LogP contribution in [0.1, 0.15) is 40.0 Å². The van der Waals surface area contributed by atoms with Gasteiger partial charge in [-0.25, -0.2) is 4.79 Å². The Labute approximate surface area is 143 Å². The summed E-state index contributed by atoms with van der Waals surface area (Å²) in [7, 11) is 0. The second-order valence-corrected chi connectivity index (χ2v) is 8.10. The van der Waals surface area contributed by atoms with Crippen molar-refractivity contribution in [3.05, 3.63) is 0 Å². The smallest absolute Gasteiger partial charge is 0.320 e. The number of urea groups is 1. The first-order valence-corrected chi connectivity index (χ1v) is 9.36. The van der Waals surface area contributed by atoms with Crippen molar-refractivity contribution in [2.24, 2.45) is 23.7 Å². The predicted molar refractivity (Wildman–Crippen MR) is 87.9 cm³/mol. The summed E-state index contributed by atoms with van der Waals surface area (Å²) in [5, 5.41) is 0. The molecule has 0 bridgehead atoms. The van der Waals surface area contributed by atoms with Gasteiger partial charge in [-0.1, -0.05) is 20.8 Å². The molecule has 6 nitrogen and oxygen atoms in total. The van der Waals surface area contributed by atoms with Crippen molar-refractivity contribution in [1.29, 1.82) is 0 Å². The number of carbonyl (C=O) groups excluding carboxylic acids is 3. The highest BCUT2D eigenvalue weighted by Crippen LogP contribution is 2.49. The molecule has 5 atom stereocenters. The number of carbonyl (C=O) groups is 3. The van der Waals surface area contributed by atoms with E-state index in [4.69, 9.17) is 0 Å². The maximum absolute atomic E-state index is 12.9. The van der Waals surface area contributed by atoms with Crippen LogP contribution in [0.5, 0.6) is 0 Å². The van der Waals surface area contributed by atoms with Crippen LogP contribution in [0.15, 0.2) is 0 Å². The third-order valence-electron chi connectivity index (χ3n) is 6.86. The summed E-state index contributed by atoms with van der Waals surface area (Å²) in [6, 6.07) is -0.201. The molecule has 0 aromatic carbocycles. The zero-order chi connectivity index (χ0) is 17.2. The Bertz CT molecular complexity index is 578. The number of hydrogen-bond acceptors (Lipinski definition) is 3. The van der Waals surface area contributed by atoms with Crippen LogP contribution < -0.4 is 0 Å². The molecule has 4 amide bonds. The van der Waals surface area contributed by atoms with Crippen molar-refractivity contribution in [3.63, 3.8) is 0 Å². The molecule has 0 aromatic rings. The number of amides is 4. The van der Waals surface area contributed by atoms with Gasteiger partial charge in [0.25, 0.3) is 0 Å². The standard InChI is InChI=1S/C18H27N3O3/c1-10-11(2)14(10)17(23)21-13-6-9-20(15(13)12(3)16(21)22)18(24)19-7-4-5-8-19/h10-15H,4-9H2,1-3H3/t10?,11?,12-,13-,14?,15+/m0/s1. The molecular formula is C18H27N3O3. The minimum Gasteiger partial charge on any atom is -0.325 e. The number of likely N-dealkylation sites (tertiary alicyclic amines) is 3. The average molecular weight is 333 g/mol. The Hall–Kier alpha value is -1.59. The van der Waals surface area contributed by atoms with Crippen LogP contribution in [-0.2, 0) is 9.59 Å². The van der Waals surface area contributed by atoms with E-state index < -0.39 is 0 Å². The van der Waals surface area contributed by atoms with Gasteiger partial charge in [-0.3, -0.25) is 14.5 Å². The number of fused-ring (bicyclic) bond motifs is 1. The molecule has 4 aliphatic rings. The van der Waals surface area contributed by atoms with Crippen molar-refractivity contribution in [1.82, 2.24) is 14.7 Å². The van der Waals surface area contributed by atoms with Crippen LogP contribution in [0.3, 0.4) is 0 Å². The third-order valence-corrected chi connectivity index (χ3v) is 6.86. The molecule has 3 aliphatic heterocycles. The monoisotopic (exact) mass is 333 g/mol. The van der Waals surface area contributed by atoms with Gasteiger partial charge >= 0.3 is 6.03 Å². The second-order valence-electron chi connectivity index (χ2n) is 8.10.